The van der Waals surface area contributed by atoms with Gasteiger partial charge in [0.1, 0.15) is 0 Å². The highest BCUT2D eigenvalue weighted by Crippen LogP contribution is 2.33. The molecule has 0 unspecified atom stereocenters. The lowest BCUT2D eigenvalue weighted by atomic mass is 9.91. The predicted molar refractivity (Wildman–Crippen MR) is 99.7 cm³/mol. The maximum atomic E-state index is 4.15. The summed E-state index contributed by atoms with van der Waals surface area (Å²) in [4.78, 5) is 0. The summed E-state index contributed by atoms with van der Waals surface area (Å²) in [6, 6.07) is 17.1. The van der Waals surface area contributed by atoms with Crippen LogP contribution < -0.4 is 0 Å². The molecule has 0 fully saturated rings. The summed E-state index contributed by atoms with van der Waals surface area (Å²) >= 11 is 0. The first kappa shape index (κ1) is 14.8. The Hall–Kier alpha value is -3.54. The molecule has 26 heavy (non-hydrogen) atoms. The quantitative estimate of drug-likeness (QED) is 0.471. The van der Waals surface area contributed by atoms with Crippen molar-refractivity contribution < 1.29 is 0 Å². The Morgan fingerprint density at radius 1 is 0.577 bits per heavy atom. The first-order chi connectivity index (χ1) is 12.9. The van der Waals surface area contributed by atoms with Gasteiger partial charge < -0.3 is 0 Å². The molecule has 0 amide bonds. The molecule has 2 heterocycles. The molecular weight excluding hydrogens is 324 g/mol. The molecule has 0 aliphatic carbocycles. The number of benzene rings is 3. The Morgan fingerprint density at radius 2 is 0.962 bits per heavy atom. The summed E-state index contributed by atoms with van der Waals surface area (Å²) in [6.45, 7) is 1.37. The van der Waals surface area contributed by atoms with Crippen LogP contribution in [0.1, 0.15) is 11.1 Å². The zero-order valence-electron chi connectivity index (χ0n) is 14.0. The van der Waals surface area contributed by atoms with Gasteiger partial charge >= 0.3 is 0 Å². The molecule has 5 aromatic rings. The van der Waals surface area contributed by atoms with Gasteiger partial charge in [0.05, 0.1) is 25.5 Å². The van der Waals surface area contributed by atoms with Crippen molar-refractivity contribution in [3.63, 3.8) is 0 Å². The van der Waals surface area contributed by atoms with Gasteiger partial charge in [-0.3, -0.25) is 0 Å². The topological polar surface area (TPSA) is 61.4 Å². The van der Waals surface area contributed by atoms with Gasteiger partial charge in [-0.15, -0.1) is 10.2 Å². The summed E-state index contributed by atoms with van der Waals surface area (Å²) in [5.41, 5.74) is 2.51. The van der Waals surface area contributed by atoms with Gasteiger partial charge in [-0.25, -0.2) is 9.36 Å². The number of nitrogens with zero attached hydrogens (tertiary/aromatic N) is 6. The monoisotopic (exact) mass is 340 g/mol. The molecule has 0 aliphatic rings. The average Bonchev–Trinajstić information content (AvgIpc) is 3.38. The van der Waals surface area contributed by atoms with Crippen LogP contribution in [0.15, 0.2) is 73.3 Å². The lowest BCUT2D eigenvalue weighted by molar-refractivity contribution is 0.651. The van der Waals surface area contributed by atoms with Gasteiger partial charge in [0.2, 0.25) is 0 Å². The second-order valence-electron chi connectivity index (χ2n) is 6.25. The summed E-state index contributed by atoms with van der Waals surface area (Å²) < 4.78 is 3.73. The van der Waals surface area contributed by atoms with Crippen molar-refractivity contribution in [3.05, 3.63) is 84.4 Å². The third-order valence-corrected chi connectivity index (χ3v) is 4.74. The fourth-order valence-electron chi connectivity index (χ4n) is 3.61. The lowest BCUT2D eigenvalue weighted by Gasteiger charge is -2.16. The number of hydrogen-bond donors (Lipinski definition) is 0. The molecule has 3 aromatic carbocycles. The van der Waals surface area contributed by atoms with Crippen molar-refractivity contribution in [2.75, 3.05) is 0 Å². The van der Waals surface area contributed by atoms with E-state index in [4.69, 9.17) is 0 Å². The molecule has 6 nitrogen and oxygen atoms in total. The lowest BCUT2D eigenvalue weighted by Crippen LogP contribution is -2.06. The van der Waals surface area contributed by atoms with Crippen LogP contribution in [0.5, 0.6) is 0 Å². The maximum absolute atomic E-state index is 4.15. The van der Waals surface area contributed by atoms with Crippen LogP contribution in [0, 0.1) is 0 Å². The van der Waals surface area contributed by atoms with E-state index in [-0.39, 0.29) is 0 Å². The Balaban J connectivity index is 1.82. The summed E-state index contributed by atoms with van der Waals surface area (Å²) in [5.74, 6) is 0. The molecule has 5 rings (SSSR count). The van der Waals surface area contributed by atoms with Gasteiger partial charge in [0, 0.05) is 12.4 Å². The molecule has 0 atom stereocenters. The fraction of sp³-hybridized carbons (Fsp3) is 0.100. The van der Waals surface area contributed by atoms with E-state index in [1.165, 1.54) is 32.7 Å². The summed E-state index contributed by atoms with van der Waals surface area (Å²) in [7, 11) is 0. The van der Waals surface area contributed by atoms with E-state index in [1.807, 2.05) is 21.8 Å². The van der Waals surface area contributed by atoms with Crippen molar-refractivity contribution in [3.8, 4) is 0 Å². The van der Waals surface area contributed by atoms with Crippen LogP contribution in [-0.4, -0.2) is 30.0 Å². The van der Waals surface area contributed by atoms with Crippen molar-refractivity contribution in [2.24, 2.45) is 0 Å². The van der Waals surface area contributed by atoms with E-state index in [9.17, 15) is 0 Å². The molecule has 0 radical (unpaired) electrons. The Morgan fingerprint density at radius 3 is 1.27 bits per heavy atom. The molecular formula is C20H16N6. The number of fused-ring (bicyclic) bond motifs is 2. The van der Waals surface area contributed by atoms with Crippen LogP contribution in [0.2, 0.25) is 0 Å². The van der Waals surface area contributed by atoms with Crippen LogP contribution in [-0.2, 0) is 13.1 Å². The molecule has 0 N–H and O–H groups in total. The highest BCUT2D eigenvalue weighted by Gasteiger charge is 2.14. The first-order valence-corrected chi connectivity index (χ1v) is 8.49. The Kier molecular flexibility index (Phi) is 3.45. The van der Waals surface area contributed by atoms with Crippen LogP contribution in [0.25, 0.3) is 21.5 Å². The van der Waals surface area contributed by atoms with Crippen LogP contribution >= 0.6 is 0 Å². The van der Waals surface area contributed by atoms with Gasteiger partial charge in [-0.1, -0.05) is 59.0 Å². The molecule has 0 aliphatic heterocycles. The van der Waals surface area contributed by atoms with Gasteiger partial charge in [-0.05, 0) is 32.7 Å². The zero-order valence-corrected chi connectivity index (χ0v) is 14.0. The summed E-state index contributed by atoms with van der Waals surface area (Å²) in [5, 5.41) is 21.1. The van der Waals surface area contributed by atoms with Gasteiger partial charge in [-0.2, -0.15) is 0 Å². The van der Waals surface area contributed by atoms with E-state index in [2.05, 4.69) is 69.2 Å². The van der Waals surface area contributed by atoms with Crippen molar-refractivity contribution in [1.82, 2.24) is 30.0 Å². The SMILES string of the molecule is c1ccc2c(Cn3ccnn3)c3ccccc3c(Cn3ccnn3)c2c1. The smallest absolute Gasteiger partial charge is 0.0693 e. The highest BCUT2D eigenvalue weighted by atomic mass is 15.4. The normalized spacial score (nSPS) is 11.4. The number of rotatable bonds is 4. The second-order valence-corrected chi connectivity index (χ2v) is 6.25. The minimum Gasteiger partial charge on any atom is -0.248 e. The molecule has 126 valence electrons. The number of hydrogen-bond acceptors (Lipinski definition) is 4. The fourth-order valence-corrected chi connectivity index (χ4v) is 3.61. The first-order valence-electron chi connectivity index (χ1n) is 8.49. The van der Waals surface area contributed by atoms with Crippen LogP contribution in [0.4, 0.5) is 0 Å². The minimum atomic E-state index is 0.685. The minimum absolute atomic E-state index is 0.685. The van der Waals surface area contributed by atoms with Crippen molar-refractivity contribution >= 4 is 21.5 Å². The predicted octanol–water partition coefficient (Wildman–Crippen LogP) is 3.27. The molecule has 6 heteroatoms. The standard InChI is InChI=1S/C20H16N6/c1-2-6-16-15(5-1)19(13-25-11-9-21-23-25)17-7-3-4-8-18(17)20(16)14-26-12-10-22-24-26/h1-12H,13-14H2. The van der Waals surface area contributed by atoms with E-state index >= 15 is 0 Å². The van der Waals surface area contributed by atoms with Gasteiger partial charge in [0.25, 0.3) is 0 Å². The Bertz CT molecular complexity index is 1020. The summed E-state index contributed by atoms with van der Waals surface area (Å²) in [6.07, 6.45) is 7.21. The largest absolute Gasteiger partial charge is 0.248 e. The van der Waals surface area contributed by atoms with E-state index in [0.717, 1.165) is 0 Å². The van der Waals surface area contributed by atoms with E-state index in [0.29, 0.717) is 13.1 Å². The third-order valence-electron chi connectivity index (χ3n) is 4.74. The molecule has 0 saturated heterocycles. The van der Waals surface area contributed by atoms with E-state index in [1.54, 1.807) is 12.4 Å². The molecule has 0 bridgehead atoms. The van der Waals surface area contributed by atoms with Gasteiger partial charge in [0.15, 0.2) is 0 Å². The molecule has 0 saturated carbocycles. The van der Waals surface area contributed by atoms with Crippen LogP contribution in [0.3, 0.4) is 0 Å². The van der Waals surface area contributed by atoms with Crippen molar-refractivity contribution in [2.45, 2.75) is 13.1 Å². The number of aromatic nitrogens is 6. The second kappa shape index (κ2) is 6.07. The molecule has 0 spiro atoms. The maximum Gasteiger partial charge on any atom is 0.0693 e. The average molecular weight is 340 g/mol. The Labute approximate surface area is 149 Å². The third kappa shape index (κ3) is 2.43. The molecule has 2 aromatic heterocycles. The highest BCUT2D eigenvalue weighted by molar-refractivity contribution is 6.05. The zero-order chi connectivity index (χ0) is 17.3. The van der Waals surface area contributed by atoms with Crippen molar-refractivity contribution in [1.29, 1.82) is 0 Å². The van der Waals surface area contributed by atoms with E-state index < -0.39 is 0 Å².